The number of nitrogens with zero attached hydrogens (tertiary/aromatic N) is 3. The van der Waals surface area contributed by atoms with E-state index in [1.54, 1.807) is 30.5 Å². The van der Waals surface area contributed by atoms with Gasteiger partial charge < -0.3 is 14.9 Å². The monoisotopic (exact) mass is 339 g/mol. The van der Waals surface area contributed by atoms with Crippen molar-refractivity contribution in [1.29, 1.82) is 0 Å². The van der Waals surface area contributed by atoms with Crippen molar-refractivity contribution < 1.29 is 14.7 Å². The maximum absolute atomic E-state index is 12.7. The molecule has 1 fully saturated rings. The van der Waals surface area contributed by atoms with Gasteiger partial charge in [-0.05, 0) is 24.7 Å². The molecule has 0 spiro atoms. The van der Waals surface area contributed by atoms with E-state index in [0.717, 1.165) is 37.3 Å². The fraction of sp³-hybridized carbons (Fsp3) is 0.316. The third-order valence-electron chi connectivity index (χ3n) is 4.40. The van der Waals surface area contributed by atoms with Crippen LogP contribution in [0.3, 0.4) is 0 Å². The summed E-state index contributed by atoms with van der Waals surface area (Å²) in [6.07, 6.45) is 1.64. The molecule has 0 radical (unpaired) electrons. The zero-order valence-electron chi connectivity index (χ0n) is 14.2. The number of likely N-dealkylation sites (N-methyl/N-ethyl adjacent to an activating group) is 1. The molecule has 2 heterocycles. The van der Waals surface area contributed by atoms with Gasteiger partial charge in [0.15, 0.2) is 0 Å². The molecule has 0 aliphatic carbocycles. The Balaban J connectivity index is 1.77. The van der Waals surface area contributed by atoms with E-state index in [0.29, 0.717) is 11.3 Å². The Morgan fingerprint density at radius 3 is 2.40 bits per heavy atom. The molecular weight excluding hydrogens is 318 g/mol. The van der Waals surface area contributed by atoms with Crippen LogP contribution >= 0.6 is 0 Å². The minimum absolute atomic E-state index is 0.00432. The van der Waals surface area contributed by atoms with Gasteiger partial charge in [0.25, 0.3) is 5.91 Å². The number of pyridine rings is 1. The Hall–Kier alpha value is -2.73. The second-order valence-electron chi connectivity index (χ2n) is 6.29. The maximum Gasteiger partial charge on any atom is 0.307 e. The largest absolute Gasteiger partial charge is 0.481 e. The molecule has 6 nitrogen and oxygen atoms in total. The van der Waals surface area contributed by atoms with Crippen LogP contribution in [0.1, 0.15) is 15.9 Å². The molecule has 130 valence electrons. The summed E-state index contributed by atoms with van der Waals surface area (Å²) in [7, 11) is 2.06. The number of benzene rings is 1. The molecule has 0 atom stereocenters. The van der Waals surface area contributed by atoms with Gasteiger partial charge in [0.1, 0.15) is 0 Å². The van der Waals surface area contributed by atoms with E-state index >= 15 is 0 Å². The average molecular weight is 339 g/mol. The quantitative estimate of drug-likeness (QED) is 0.919. The lowest BCUT2D eigenvalue weighted by Crippen LogP contribution is -2.47. The molecule has 0 saturated carbocycles. The zero-order valence-corrected chi connectivity index (χ0v) is 14.2. The highest BCUT2D eigenvalue weighted by Crippen LogP contribution is 2.20. The summed E-state index contributed by atoms with van der Waals surface area (Å²) in [5.74, 6) is -0.829. The summed E-state index contributed by atoms with van der Waals surface area (Å²) in [6.45, 7) is 3.23. The van der Waals surface area contributed by atoms with Crippen LogP contribution in [0.5, 0.6) is 0 Å². The van der Waals surface area contributed by atoms with Crippen LogP contribution in [-0.4, -0.2) is 65.0 Å². The van der Waals surface area contributed by atoms with Gasteiger partial charge in [-0.25, -0.2) is 0 Å². The number of hydrogen-bond acceptors (Lipinski definition) is 4. The predicted molar refractivity (Wildman–Crippen MR) is 94.4 cm³/mol. The molecular formula is C19H21N3O3. The highest BCUT2D eigenvalue weighted by atomic mass is 16.4. The van der Waals surface area contributed by atoms with Crippen LogP contribution in [0.2, 0.25) is 0 Å². The Morgan fingerprint density at radius 2 is 1.76 bits per heavy atom. The zero-order chi connectivity index (χ0) is 17.8. The number of carbonyl (C=O) groups excluding carboxylic acids is 1. The number of aliphatic carboxylic acids is 1. The van der Waals surface area contributed by atoms with E-state index in [2.05, 4.69) is 16.9 Å². The number of carboxylic acids is 1. The second-order valence-corrected chi connectivity index (χ2v) is 6.29. The third-order valence-corrected chi connectivity index (χ3v) is 4.40. The van der Waals surface area contributed by atoms with Crippen molar-refractivity contribution in [3.63, 3.8) is 0 Å². The van der Waals surface area contributed by atoms with E-state index in [1.165, 1.54) is 0 Å². The van der Waals surface area contributed by atoms with Gasteiger partial charge in [0.2, 0.25) is 0 Å². The molecule has 6 heteroatoms. The Bertz CT molecular complexity index is 766. The number of aromatic nitrogens is 1. The van der Waals surface area contributed by atoms with E-state index in [-0.39, 0.29) is 12.3 Å². The molecule has 1 aromatic carbocycles. The Kier molecular flexibility index (Phi) is 5.09. The minimum atomic E-state index is -0.856. The molecule has 25 heavy (non-hydrogen) atoms. The molecule has 1 aliphatic rings. The number of carboxylic acid groups (broad SMARTS) is 1. The van der Waals surface area contributed by atoms with Gasteiger partial charge in [-0.15, -0.1) is 0 Å². The smallest absolute Gasteiger partial charge is 0.307 e. The van der Waals surface area contributed by atoms with Crippen LogP contribution in [0.4, 0.5) is 0 Å². The van der Waals surface area contributed by atoms with Gasteiger partial charge in [-0.3, -0.25) is 14.6 Å². The fourth-order valence-electron chi connectivity index (χ4n) is 2.88. The van der Waals surface area contributed by atoms with E-state index in [1.807, 2.05) is 17.0 Å². The summed E-state index contributed by atoms with van der Waals surface area (Å²) in [6, 6.07) is 10.8. The number of amides is 1. The standard InChI is InChI=1S/C19H21N3O3/c1-21-8-10-22(11-9-21)19(25)16-6-7-20-17(13-16)15-4-2-14(3-5-15)12-18(23)24/h2-7,13H,8-12H2,1H3,(H,23,24). The van der Waals surface area contributed by atoms with Crippen molar-refractivity contribution in [2.75, 3.05) is 33.2 Å². The van der Waals surface area contributed by atoms with Crippen LogP contribution in [0.15, 0.2) is 42.6 Å². The normalized spacial score (nSPS) is 15.2. The topological polar surface area (TPSA) is 73.7 Å². The van der Waals surface area contributed by atoms with Gasteiger partial charge in [-0.2, -0.15) is 0 Å². The van der Waals surface area contributed by atoms with Crippen LogP contribution < -0.4 is 0 Å². The first-order valence-electron chi connectivity index (χ1n) is 8.28. The van der Waals surface area contributed by atoms with Crippen molar-refractivity contribution >= 4 is 11.9 Å². The molecule has 1 saturated heterocycles. The van der Waals surface area contributed by atoms with E-state index in [9.17, 15) is 9.59 Å². The molecule has 1 N–H and O–H groups in total. The number of rotatable bonds is 4. The number of hydrogen-bond donors (Lipinski definition) is 1. The lowest BCUT2D eigenvalue weighted by Gasteiger charge is -2.32. The van der Waals surface area contributed by atoms with Crippen molar-refractivity contribution in [2.45, 2.75) is 6.42 Å². The molecule has 3 rings (SSSR count). The third kappa shape index (κ3) is 4.22. The Morgan fingerprint density at radius 1 is 1.08 bits per heavy atom. The highest BCUT2D eigenvalue weighted by molar-refractivity contribution is 5.95. The predicted octanol–water partition coefficient (Wildman–Crippen LogP) is 1.76. The van der Waals surface area contributed by atoms with Crippen molar-refractivity contribution in [3.05, 3.63) is 53.7 Å². The van der Waals surface area contributed by atoms with Gasteiger partial charge in [0.05, 0.1) is 12.1 Å². The number of carbonyl (C=O) groups is 2. The molecule has 1 aromatic heterocycles. The lowest BCUT2D eigenvalue weighted by molar-refractivity contribution is -0.136. The lowest BCUT2D eigenvalue weighted by atomic mass is 10.0. The van der Waals surface area contributed by atoms with Crippen molar-refractivity contribution in [1.82, 2.24) is 14.8 Å². The van der Waals surface area contributed by atoms with Crippen LogP contribution in [0.25, 0.3) is 11.3 Å². The van der Waals surface area contributed by atoms with E-state index < -0.39 is 5.97 Å². The molecule has 0 bridgehead atoms. The molecule has 1 aliphatic heterocycles. The Labute approximate surface area is 146 Å². The van der Waals surface area contributed by atoms with Gasteiger partial charge in [-0.1, -0.05) is 24.3 Å². The first-order chi connectivity index (χ1) is 12.0. The minimum Gasteiger partial charge on any atom is -0.481 e. The summed E-state index contributed by atoms with van der Waals surface area (Å²) < 4.78 is 0. The van der Waals surface area contributed by atoms with E-state index in [4.69, 9.17) is 5.11 Å². The summed E-state index contributed by atoms with van der Waals surface area (Å²) in [4.78, 5) is 31.9. The summed E-state index contributed by atoms with van der Waals surface area (Å²) in [5.41, 5.74) is 2.94. The molecule has 2 aromatic rings. The highest BCUT2D eigenvalue weighted by Gasteiger charge is 2.20. The first-order valence-corrected chi connectivity index (χ1v) is 8.28. The summed E-state index contributed by atoms with van der Waals surface area (Å²) in [5, 5.41) is 8.83. The number of piperazine rings is 1. The van der Waals surface area contributed by atoms with Gasteiger partial charge in [0, 0.05) is 43.5 Å². The van der Waals surface area contributed by atoms with Crippen LogP contribution in [0, 0.1) is 0 Å². The van der Waals surface area contributed by atoms with Crippen LogP contribution in [-0.2, 0) is 11.2 Å². The SMILES string of the molecule is CN1CCN(C(=O)c2ccnc(-c3ccc(CC(=O)O)cc3)c2)CC1. The fourth-order valence-corrected chi connectivity index (χ4v) is 2.88. The maximum atomic E-state index is 12.7. The van der Waals surface area contributed by atoms with Crippen molar-refractivity contribution in [2.24, 2.45) is 0 Å². The second kappa shape index (κ2) is 7.44. The molecule has 1 amide bonds. The molecule has 0 unspecified atom stereocenters. The first kappa shape index (κ1) is 17.1. The van der Waals surface area contributed by atoms with Crippen molar-refractivity contribution in [3.8, 4) is 11.3 Å². The summed E-state index contributed by atoms with van der Waals surface area (Å²) >= 11 is 0. The van der Waals surface area contributed by atoms with Gasteiger partial charge >= 0.3 is 5.97 Å². The average Bonchev–Trinajstić information content (AvgIpc) is 2.62.